The summed E-state index contributed by atoms with van der Waals surface area (Å²) in [6, 6.07) is 8.57. The number of piperazine rings is 1. The first-order valence-electron chi connectivity index (χ1n) is 6.45. The molecule has 1 saturated heterocycles. The highest BCUT2D eigenvalue weighted by Crippen LogP contribution is 2.09. The number of hydrogen-bond donors (Lipinski definition) is 1. The molecule has 0 amide bonds. The van der Waals surface area contributed by atoms with Crippen molar-refractivity contribution in [1.29, 1.82) is 0 Å². The maximum atomic E-state index is 3.49. The fraction of sp³-hybridized carbons (Fsp3) is 0.571. The van der Waals surface area contributed by atoms with Crippen LogP contribution in [0.3, 0.4) is 0 Å². The van der Waals surface area contributed by atoms with Gasteiger partial charge in [0.25, 0.3) is 0 Å². The Morgan fingerprint density at radius 1 is 1.18 bits per heavy atom. The monoisotopic (exact) mass is 233 g/mol. The summed E-state index contributed by atoms with van der Waals surface area (Å²) >= 11 is 0. The normalized spacial score (nSPS) is 18.2. The molecule has 0 unspecified atom stereocenters. The molecule has 0 aliphatic carbocycles. The summed E-state index contributed by atoms with van der Waals surface area (Å²) in [5.41, 5.74) is 2.55. The van der Waals surface area contributed by atoms with Gasteiger partial charge in [-0.2, -0.15) is 0 Å². The first kappa shape index (κ1) is 12.4. The van der Waals surface area contributed by atoms with Crippen molar-refractivity contribution < 1.29 is 0 Å². The predicted octanol–water partition coefficient (Wildman–Crippen LogP) is 1.65. The highest BCUT2D eigenvalue weighted by atomic mass is 15.2. The average Bonchev–Trinajstić information content (AvgIpc) is 2.32. The number of aryl methyl sites for hydroxylation is 1. The van der Waals surface area contributed by atoms with E-state index in [1.807, 2.05) is 0 Å². The molecule has 0 radical (unpaired) electrons. The number of rotatable bonds is 4. The van der Waals surface area contributed by atoms with Crippen LogP contribution in [0.4, 0.5) is 5.69 Å². The highest BCUT2D eigenvalue weighted by molar-refractivity contribution is 5.45. The van der Waals surface area contributed by atoms with Crippen LogP contribution in [0.15, 0.2) is 24.3 Å². The van der Waals surface area contributed by atoms with Gasteiger partial charge in [-0.05, 0) is 31.7 Å². The Morgan fingerprint density at radius 3 is 2.65 bits per heavy atom. The van der Waals surface area contributed by atoms with Crippen LogP contribution in [-0.4, -0.2) is 56.1 Å². The third kappa shape index (κ3) is 4.02. The Morgan fingerprint density at radius 2 is 1.94 bits per heavy atom. The maximum Gasteiger partial charge on any atom is 0.0343 e. The van der Waals surface area contributed by atoms with E-state index in [9.17, 15) is 0 Å². The fourth-order valence-corrected chi connectivity index (χ4v) is 2.18. The SMILES string of the molecule is Cc1cccc(NCCN2CCN(C)CC2)c1. The van der Waals surface area contributed by atoms with Gasteiger partial charge in [0.1, 0.15) is 0 Å². The minimum absolute atomic E-state index is 1.03. The van der Waals surface area contributed by atoms with Gasteiger partial charge in [0.15, 0.2) is 0 Å². The van der Waals surface area contributed by atoms with Crippen LogP contribution in [0.5, 0.6) is 0 Å². The van der Waals surface area contributed by atoms with Crippen LogP contribution in [0.2, 0.25) is 0 Å². The van der Waals surface area contributed by atoms with Crippen LogP contribution in [0.25, 0.3) is 0 Å². The summed E-state index contributed by atoms with van der Waals surface area (Å²) in [5, 5.41) is 3.49. The topological polar surface area (TPSA) is 18.5 Å². The van der Waals surface area contributed by atoms with Crippen LogP contribution >= 0.6 is 0 Å². The largest absolute Gasteiger partial charge is 0.384 e. The van der Waals surface area contributed by atoms with Crippen molar-refractivity contribution >= 4 is 5.69 Å². The van der Waals surface area contributed by atoms with Crippen molar-refractivity contribution in [2.75, 3.05) is 51.6 Å². The van der Waals surface area contributed by atoms with E-state index in [-0.39, 0.29) is 0 Å². The molecular formula is C14H23N3. The van der Waals surface area contributed by atoms with Gasteiger partial charge in [0.2, 0.25) is 0 Å². The van der Waals surface area contributed by atoms with Gasteiger partial charge >= 0.3 is 0 Å². The van der Waals surface area contributed by atoms with E-state index < -0.39 is 0 Å². The molecule has 1 aliphatic rings. The molecule has 3 heteroatoms. The summed E-state index contributed by atoms with van der Waals surface area (Å²) in [6.45, 7) is 9.10. The zero-order chi connectivity index (χ0) is 12.1. The Bertz CT molecular complexity index is 343. The summed E-state index contributed by atoms with van der Waals surface area (Å²) in [5.74, 6) is 0. The second-order valence-electron chi connectivity index (χ2n) is 4.94. The molecular weight excluding hydrogens is 210 g/mol. The van der Waals surface area contributed by atoms with E-state index in [2.05, 4.69) is 53.4 Å². The lowest BCUT2D eigenvalue weighted by molar-refractivity contribution is 0.158. The van der Waals surface area contributed by atoms with Crippen molar-refractivity contribution in [2.24, 2.45) is 0 Å². The molecule has 1 aromatic carbocycles. The van der Waals surface area contributed by atoms with E-state index in [1.54, 1.807) is 0 Å². The van der Waals surface area contributed by atoms with Gasteiger partial charge < -0.3 is 10.2 Å². The smallest absolute Gasteiger partial charge is 0.0343 e. The van der Waals surface area contributed by atoms with E-state index in [1.165, 1.54) is 37.4 Å². The molecule has 1 aliphatic heterocycles. The molecule has 94 valence electrons. The molecule has 1 N–H and O–H groups in total. The molecule has 0 saturated carbocycles. The summed E-state index contributed by atoms with van der Waals surface area (Å²) in [6.07, 6.45) is 0. The molecule has 2 rings (SSSR count). The highest BCUT2D eigenvalue weighted by Gasteiger charge is 2.12. The zero-order valence-corrected chi connectivity index (χ0v) is 10.9. The van der Waals surface area contributed by atoms with Gasteiger partial charge in [-0.25, -0.2) is 0 Å². The molecule has 1 fully saturated rings. The number of likely N-dealkylation sites (N-methyl/N-ethyl adjacent to an activating group) is 1. The lowest BCUT2D eigenvalue weighted by atomic mass is 10.2. The number of nitrogens with one attached hydrogen (secondary N) is 1. The Labute approximate surface area is 104 Å². The molecule has 3 nitrogen and oxygen atoms in total. The minimum atomic E-state index is 1.03. The first-order chi connectivity index (χ1) is 8.24. The van der Waals surface area contributed by atoms with E-state index in [0.29, 0.717) is 0 Å². The van der Waals surface area contributed by atoms with Crippen LogP contribution in [-0.2, 0) is 0 Å². The third-order valence-corrected chi connectivity index (χ3v) is 3.37. The number of benzene rings is 1. The summed E-state index contributed by atoms with van der Waals surface area (Å²) in [4.78, 5) is 4.92. The lowest BCUT2D eigenvalue weighted by Gasteiger charge is -2.32. The molecule has 0 atom stereocenters. The molecule has 17 heavy (non-hydrogen) atoms. The van der Waals surface area contributed by atoms with Crippen molar-refractivity contribution in [1.82, 2.24) is 9.80 Å². The quantitative estimate of drug-likeness (QED) is 0.853. The van der Waals surface area contributed by atoms with E-state index >= 15 is 0 Å². The summed E-state index contributed by atoms with van der Waals surface area (Å²) < 4.78 is 0. The van der Waals surface area contributed by atoms with Gasteiger partial charge in [-0.3, -0.25) is 4.90 Å². The Kier molecular flexibility index (Phi) is 4.40. The zero-order valence-electron chi connectivity index (χ0n) is 10.9. The standard InChI is InChI=1S/C14H23N3/c1-13-4-3-5-14(12-13)15-6-7-17-10-8-16(2)9-11-17/h3-5,12,15H,6-11H2,1-2H3. The van der Waals surface area contributed by atoms with Crippen molar-refractivity contribution in [3.8, 4) is 0 Å². The third-order valence-electron chi connectivity index (χ3n) is 3.37. The summed E-state index contributed by atoms with van der Waals surface area (Å²) in [7, 11) is 2.20. The maximum absolute atomic E-state index is 3.49. The number of hydrogen-bond acceptors (Lipinski definition) is 3. The second-order valence-corrected chi connectivity index (χ2v) is 4.94. The van der Waals surface area contributed by atoms with Gasteiger partial charge in [-0.1, -0.05) is 12.1 Å². The lowest BCUT2D eigenvalue weighted by Crippen LogP contribution is -2.45. The predicted molar refractivity (Wildman–Crippen MR) is 73.6 cm³/mol. The minimum Gasteiger partial charge on any atom is -0.384 e. The fourth-order valence-electron chi connectivity index (χ4n) is 2.18. The average molecular weight is 233 g/mol. The van der Waals surface area contributed by atoms with Crippen LogP contribution in [0, 0.1) is 6.92 Å². The van der Waals surface area contributed by atoms with E-state index in [0.717, 1.165) is 13.1 Å². The van der Waals surface area contributed by atoms with Crippen molar-refractivity contribution in [2.45, 2.75) is 6.92 Å². The molecule has 1 aromatic rings. The van der Waals surface area contributed by atoms with Crippen LogP contribution in [0.1, 0.15) is 5.56 Å². The Balaban J connectivity index is 1.69. The Hall–Kier alpha value is -1.06. The number of nitrogens with zero attached hydrogens (tertiary/aromatic N) is 2. The molecule has 1 heterocycles. The van der Waals surface area contributed by atoms with Gasteiger partial charge in [0, 0.05) is 45.0 Å². The van der Waals surface area contributed by atoms with E-state index in [4.69, 9.17) is 0 Å². The van der Waals surface area contributed by atoms with Crippen LogP contribution < -0.4 is 5.32 Å². The second kappa shape index (κ2) is 6.03. The molecule has 0 spiro atoms. The van der Waals surface area contributed by atoms with Gasteiger partial charge in [0.05, 0.1) is 0 Å². The molecule has 0 aromatic heterocycles. The van der Waals surface area contributed by atoms with Crippen molar-refractivity contribution in [3.63, 3.8) is 0 Å². The first-order valence-corrected chi connectivity index (χ1v) is 6.45. The molecule has 0 bridgehead atoms. The number of anilines is 1. The van der Waals surface area contributed by atoms with Gasteiger partial charge in [-0.15, -0.1) is 0 Å². The van der Waals surface area contributed by atoms with Crippen molar-refractivity contribution in [3.05, 3.63) is 29.8 Å².